The Bertz CT molecular complexity index is 235. The molecule has 0 aromatic heterocycles. The SMILES string of the molecule is O=C1O[C@H](C2CCCCC2)[C@H]2CN12. The molecule has 3 nitrogen and oxygen atoms in total. The molecule has 0 N–H and O–H groups in total. The summed E-state index contributed by atoms with van der Waals surface area (Å²) in [4.78, 5) is 13.0. The van der Waals surface area contributed by atoms with Crippen LogP contribution in [-0.4, -0.2) is 29.7 Å². The Morgan fingerprint density at radius 2 is 2.00 bits per heavy atom. The van der Waals surface area contributed by atoms with Gasteiger partial charge in [0.25, 0.3) is 0 Å². The number of amides is 1. The molecule has 0 aromatic rings. The fourth-order valence-electron chi connectivity index (χ4n) is 2.78. The Morgan fingerprint density at radius 3 is 2.54 bits per heavy atom. The first-order valence-corrected chi connectivity index (χ1v) is 5.33. The van der Waals surface area contributed by atoms with E-state index in [0.717, 1.165) is 6.54 Å². The van der Waals surface area contributed by atoms with Gasteiger partial charge in [-0.2, -0.15) is 0 Å². The molecule has 3 aliphatic rings. The Balaban J connectivity index is 1.68. The van der Waals surface area contributed by atoms with Crippen LogP contribution in [0.1, 0.15) is 32.1 Å². The van der Waals surface area contributed by atoms with Gasteiger partial charge in [-0.05, 0) is 18.8 Å². The predicted octanol–water partition coefficient (Wildman–Crippen LogP) is 1.77. The Labute approximate surface area is 78.0 Å². The van der Waals surface area contributed by atoms with Crippen molar-refractivity contribution in [2.45, 2.75) is 44.2 Å². The van der Waals surface area contributed by atoms with E-state index in [1.165, 1.54) is 32.1 Å². The fraction of sp³-hybridized carbons (Fsp3) is 0.900. The molecule has 3 rings (SSSR count). The lowest BCUT2D eigenvalue weighted by Gasteiger charge is -2.26. The first kappa shape index (κ1) is 7.65. The van der Waals surface area contributed by atoms with Gasteiger partial charge in [0.2, 0.25) is 0 Å². The number of ether oxygens (including phenoxy) is 1. The molecule has 2 heterocycles. The molecular weight excluding hydrogens is 166 g/mol. The monoisotopic (exact) mass is 181 g/mol. The van der Waals surface area contributed by atoms with Gasteiger partial charge in [-0.15, -0.1) is 0 Å². The molecule has 3 heteroatoms. The van der Waals surface area contributed by atoms with Gasteiger partial charge in [0.15, 0.2) is 0 Å². The van der Waals surface area contributed by atoms with Crippen LogP contribution in [0.2, 0.25) is 0 Å². The first-order chi connectivity index (χ1) is 6.36. The summed E-state index contributed by atoms with van der Waals surface area (Å²) in [5.41, 5.74) is 0. The van der Waals surface area contributed by atoms with Crippen LogP contribution < -0.4 is 0 Å². The van der Waals surface area contributed by atoms with Crippen LogP contribution in [0, 0.1) is 5.92 Å². The van der Waals surface area contributed by atoms with E-state index in [0.29, 0.717) is 12.0 Å². The molecule has 72 valence electrons. The van der Waals surface area contributed by atoms with E-state index in [4.69, 9.17) is 4.74 Å². The Hall–Kier alpha value is -0.730. The van der Waals surface area contributed by atoms with Gasteiger partial charge in [-0.1, -0.05) is 19.3 Å². The average Bonchev–Trinajstić information content (AvgIpc) is 2.89. The molecular formula is C10H15NO2. The number of fused-ring (bicyclic) bond motifs is 1. The van der Waals surface area contributed by atoms with Crippen molar-refractivity contribution in [2.24, 2.45) is 5.92 Å². The maximum absolute atomic E-state index is 11.2. The number of hydrogen-bond acceptors (Lipinski definition) is 2. The highest BCUT2D eigenvalue weighted by atomic mass is 16.6. The first-order valence-electron chi connectivity index (χ1n) is 5.33. The van der Waals surface area contributed by atoms with Gasteiger partial charge in [-0.3, -0.25) is 4.90 Å². The minimum Gasteiger partial charge on any atom is -0.444 e. The van der Waals surface area contributed by atoms with Crippen LogP contribution >= 0.6 is 0 Å². The number of cyclic esters (lactones) is 1. The summed E-state index contributed by atoms with van der Waals surface area (Å²) in [5.74, 6) is 0.662. The van der Waals surface area contributed by atoms with Crippen molar-refractivity contribution in [1.82, 2.24) is 4.90 Å². The molecule has 13 heavy (non-hydrogen) atoms. The van der Waals surface area contributed by atoms with Gasteiger partial charge in [0.1, 0.15) is 6.10 Å². The molecule has 3 fully saturated rings. The molecule has 0 radical (unpaired) electrons. The highest BCUT2D eigenvalue weighted by Gasteiger charge is 2.55. The Kier molecular flexibility index (Phi) is 1.55. The predicted molar refractivity (Wildman–Crippen MR) is 47.3 cm³/mol. The van der Waals surface area contributed by atoms with E-state index in [2.05, 4.69) is 0 Å². The van der Waals surface area contributed by atoms with Crippen LogP contribution in [0.5, 0.6) is 0 Å². The van der Waals surface area contributed by atoms with Gasteiger partial charge in [-0.25, -0.2) is 4.79 Å². The summed E-state index contributed by atoms with van der Waals surface area (Å²) in [6, 6.07) is 0.454. The summed E-state index contributed by atoms with van der Waals surface area (Å²) >= 11 is 0. The van der Waals surface area contributed by atoms with E-state index in [-0.39, 0.29) is 12.2 Å². The molecule has 0 aromatic carbocycles. The fourth-order valence-corrected chi connectivity index (χ4v) is 2.78. The molecule has 0 bridgehead atoms. The van der Waals surface area contributed by atoms with Crippen LogP contribution in [0.15, 0.2) is 0 Å². The standard InChI is InChI=1S/C10H15NO2/c12-10-11-6-8(11)9(13-10)7-4-2-1-3-5-7/h7-9H,1-6H2/t8-,9-,11?/m1/s1. The molecule has 0 unspecified atom stereocenters. The van der Waals surface area contributed by atoms with Crippen molar-refractivity contribution in [3.8, 4) is 0 Å². The molecule has 1 saturated carbocycles. The lowest BCUT2D eigenvalue weighted by Crippen LogP contribution is -2.28. The summed E-state index contributed by atoms with van der Waals surface area (Å²) in [6.45, 7) is 0.958. The topological polar surface area (TPSA) is 29.3 Å². The molecule has 2 atom stereocenters. The zero-order valence-electron chi connectivity index (χ0n) is 7.74. The third-order valence-corrected chi connectivity index (χ3v) is 3.62. The molecule has 1 aliphatic carbocycles. The lowest BCUT2D eigenvalue weighted by molar-refractivity contribution is 0.0734. The van der Waals surface area contributed by atoms with Crippen molar-refractivity contribution >= 4 is 6.09 Å². The Morgan fingerprint density at radius 1 is 1.23 bits per heavy atom. The minimum atomic E-state index is -0.0689. The third kappa shape index (κ3) is 1.13. The number of carbonyl (C=O) groups excluding carboxylic acids is 1. The van der Waals surface area contributed by atoms with E-state index in [9.17, 15) is 4.79 Å². The number of nitrogens with zero attached hydrogens (tertiary/aromatic N) is 1. The second-order valence-corrected chi connectivity index (χ2v) is 4.47. The zero-order chi connectivity index (χ0) is 8.84. The normalized spacial score (nSPS) is 38.8. The van der Waals surface area contributed by atoms with E-state index in [1.54, 1.807) is 0 Å². The van der Waals surface area contributed by atoms with Crippen molar-refractivity contribution < 1.29 is 9.53 Å². The van der Waals surface area contributed by atoms with Gasteiger partial charge < -0.3 is 4.74 Å². The maximum atomic E-state index is 11.2. The summed E-state index contributed by atoms with van der Waals surface area (Å²) in [5, 5.41) is 0. The number of hydrogen-bond donors (Lipinski definition) is 0. The third-order valence-electron chi connectivity index (χ3n) is 3.62. The zero-order valence-corrected chi connectivity index (χ0v) is 7.74. The molecule has 2 saturated heterocycles. The van der Waals surface area contributed by atoms with Crippen molar-refractivity contribution in [1.29, 1.82) is 0 Å². The quantitative estimate of drug-likeness (QED) is 0.577. The number of carbonyl (C=O) groups is 1. The highest BCUT2D eigenvalue weighted by molar-refractivity contribution is 5.74. The molecule has 2 aliphatic heterocycles. The van der Waals surface area contributed by atoms with Gasteiger partial charge >= 0.3 is 6.09 Å². The highest BCUT2D eigenvalue weighted by Crippen LogP contribution is 2.40. The molecule has 0 spiro atoms. The summed E-state index contributed by atoms with van der Waals surface area (Å²) in [7, 11) is 0. The second kappa shape index (κ2) is 2.63. The number of rotatable bonds is 1. The smallest absolute Gasteiger partial charge is 0.410 e. The summed E-state index contributed by atoms with van der Waals surface area (Å²) < 4.78 is 5.35. The van der Waals surface area contributed by atoms with Crippen LogP contribution in [-0.2, 0) is 4.74 Å². The van der Waals surface area contributed by atoms with Gasteiger partial charge in [0.05, 0.1) is 6.04 Å². The largest absolute Gasteiger partial charge is 0.444 e. The van der Waals surface area contributed by atoms with E-state index < -0.39 is 0 Å². The summed E-state index contributed by atoms with van der Waals surface area (Å²) in [6.07, 6.45) is 6.72. The van der Waals surface area contributed by atoms with Crippen LogP contribution in [0.4, 0.5) is 4.79 Å². The average molecular weight is 181 g/mol. The van der Waals surface area contributed by atoms with E-state index >= 15 is 0 Å². The van der Waals surface area contributed by atoms with E-state index in [1.807, 2.05) is 4.90 Å². The molecule has 1 amide bonds. The van der Waals surface area contributed by atoms with Crippen molar-refractivity contribution in [3.05, 3.63) is 0 Å². The second-order valence-electron chi connectivity index (χ2n) is 4.47. The van der Waals surface area contributed by atoms with Crippen LogP contribution in [0.25, 0.3) is 0 Å². The van der Waals surface area contributed by atoms with Crippen LogP contribution in [0.3, 0.4) is 0 Å². The minimum absolute atomic E-state index is 0.0689. The van der Waals surface area contributed by atoms with Crippen molar-refractivity contribution in [3.63, 3.8) is 0 Å². The van der Waals surface area contributed by atoms with Gasteiger partial charge in [0, 0.05) is 6.54 Å². The van der Waals surface area contributed by atoms with Crippen molar-refractivity contribution in [2.75, 3.05) is 6.54 Å². The lowest BCUT2D eigenvalue weighted by atomic mass is 9.84. The maximum Gasteiger partial charge on any atom is 0.410 e.